The number of aliphatic hydroxyl groups is 1. The van der Waals surface area contributed by atoms with Gasteiger partial charge >= 0.3 is 0 Å². The van der Waals surface area contributed by atoms with Crippen LogP contribution in [0.2, 0.25) is 0 Å². The predicted molar refractivity (Wildman–Crippen MR) is 152 cm³/mol. The number of rotatable bonds is 9. The van der Waals surface area contributed by atoms with Gasteiger partial charge < -0.3 is 35.2 Å². The van der Waals surface area contributed by atoms with Crippen LogP contribution in [0.5, 0.6) is 17.2 Å². The Kier molecular flexibility index (Phi) is 8.01. The highest BCUT2D eigenvalue weighted by Crippen LogP contribution is 2.33. The van der Waals surface area contributed by atoms with Crippen molar-refractivity contribution in [2.24, 2.45) is 0 Å². The molecule has 1 amide bonds. The number of nitrogens with zero attached hydrogens (tertiary/aromatic N) is 1. The number of carbonyl (C=O) groups is 1. The van der Waals surface area contributed by atoms with Crippen LogP contribution < -0.4 is 29.7 Å². The summed E-state index contributed by atoms with van der Waals surface area (Å²) in [6.07, 6.45) is 1.90. The lowest BCUT2D eigenvalue weighted by Crippen LogP contribution is -2.43. The number of ether oxygens (including phenoxy) is 2. The van der Waals surface area contributed by atoms with Gasteiger partial charge in [-0.1, -0.05) is 6.07 Å². The first kappa shape index (κ1) is 27.6. The molecule has 1 fully saturated rings. The van der Waals surface area contributed by atoms with Crippen LogP contribution in [0.4, 0.5) is 17.1 Å². The molecule has 0 saturated carbocycles. The quantitative estimate of drug-likeness (QED) is 0.246. The van der Waals surface area contributed by atoms with Crippen LogP contribution in [-0.2, 0) is 10.0 Å². The smallest absolute Gasteiger partial charge is 0.255 e. The molecule has 5 rings (SSSR count). The van der Waals surface area contributed by atoms with Gasteiger partial charge in [-0.2, -0.15) is 0 Å². The number of sulfonamides is 1. The number of piperidine rings is 1. The molecule has 0 unspecified atom stereocenters. The highest BCUT2D eigenvalue weighted by Gasteiger charge is 2.21. The molecule has 12 heteroatoms. The summed E-state index contributed by atoms with van der Waals surface area (Å²) < 4.78 is 35.9. The summed E-state index contributed by atoms with van der Waals surface area (Å²) in [5.74, 6) is 0.760. The summed E-state index contributed by atoms with van der Waals surface area (Å²) in [5.41, 5.74) is 2.78. The topological polar surface area (TPSA) is 149 Å². The van der Waals surface area contributed by atoms with Crippen LogP contribution in [0.25, 0.3) is 0 Å². The minimum absolute atomic E-state index is 0.0332. The van der Waals surface area contributed by atoms with E-state index in [1.807, 2.05) is 24.3 Å². The number of phenolic OH excluding ortho intramolecular Hbond substituents is 1. The Morgan fingerprint density at radius 2 is 1.75 bits per heavy atom. The molecule has 0 bridgehead atoms. The number of amides is 1. The fourth-order valence-electron chi connectivity index (χ4n) is 4.78. The number of fused-ring (bicyclic) bond motifs is 1. The molecule has 212 valence electrons. The number of anilines is 3. The second kappa shape index (κ2) is 11.6. The van der Waals surface area contributed by atoms with Crippen molar-refractivity contribution < 1.29 is 32.9 Å². The highest BCUT2D eigenvalue weighted by atomic mass is 32.2. The highest BCUT2D eigenvalue weighted by molar-refractivity contribution is 7.92. The van der Waals surface area contributed by atoms with Crippen molar-refractivity contribution in [3.05, 3.63) is 71.8 Å². The Labute approximate surface area is 232 Å². The first-order chi connectivity index (χ1) is 19.1. The van der Waals surface area contributed by atoms with Crippen LogP contribution in [0.15, 0.2) is 60.7 Å². The van der Waals surface area contributed by atoms with E-state index in [9.17, 15) is 23.4 Å². The molecule has 40 heavy (non-hydrogen) atoms. The van der Waals surface area contributed by atoms with Gasteiger partial charge in [0.15, 0.2) is 11.5 Å². The lowest BCUT2D eigenvalue weighted by atomic mass is 10.0. The average Bonchev–Trinajstić information content (AvgIpc) is 3.41. The van der Waals surface area contributed by atoms with Crippen molar-refractivity contribution in [3.63, 3.8) is 0 Å². The summed E-state index contributed by atoms with van der Waals surface area (Å²) in [5, 5.41) is 26.8. The van der Waals surface area contributed by atoms with Gasteiger partial charge in [0.05, 0.1) is 18.0 Å². The van der Waals surface area contributed by atoms with E-state index in [1.165, 1.54) is 12.1 Å². The van der Waals surface area contributed by atoms with Gasteiger partial charge in [-0.25, -0.2) is 8.42 Å². The van der Waals surface area contributed by atoms with E-state index in [1.54, 1.807) is 24.3 Å². The third-order valence-electron chi connectivity index (χ3n) is 6.92. The van der Waals surface area contributed by atoms with Gasteiger partial charge in [0.1, 0.15) is 5.75 Å². The molecule has 5 N–H and O–H groups in total. The van der Waals surface area contributed by atoms with Gasteiger partial charge in [0.2, 0.25) is 16.8 Å². The fourth-order valence-corrected chi connectivity index (χ4v) is 5.34. The van der Waals surface area contributed by atoms with Gasteiger partial charge in [0, 0.05) is 42.6 Å². The maximum atomic E-state index is 12.6. The van der Waals surface area contributed by atoms with Crippen LogP contribution in [0.1, 0.15) is 34.9 Å². The molecule has 3 aromatic carbocycles. The van der Waals surface area contributed by atoms with Gasteiger partial charge in [-0.15, -0.1) is 0 Å². The van der Waals surface area contributed by atoms with E-state index in [0.29, 0.717) is 34.9 Å². The third kappa shape index (κ3) is 6.76. The van der Waals surface area contributed by atoms with E-state index in [-0.39, 0.29) is 30.2 Å². The van der Waals surface area contributed by atoms with Crippen molar-refractivity contribution in [1.82, 2.24) is 5.32 Å². The second-order valence-corrected chi connectivity index (χ2v) is 11.7. The zero-order chi connectivity index (χ0) is 28.3. The Morgan fingerprint density at radius 3 is 2.48 bits per heavy atom. The van der Waals surface area contributed by atoms with Crippen LogP contribution in [0.3, 0.4) is 0 Å². The van der Waals surface area contributed by atoms with Crippen molar-refractivity contribution in [2.45, 2.75) is 25.0 Å². The zero-order valence-electron chi connectivity index (χ0n) is 22.0. The summed E-state index contributed by atoms with van der Waals surface area (Å²) in [6.45, 7) is 2.12. The first-order valence-electron chi connectivity index (χ1n) is 12.9. The molecule has 3 aromatic rings. The van der Waals surface area contributed by atoms with Crippen molar-refractivity contribution in [2.75, 3.05) is 47.6 Å². The molecular formula is C28H32N4O7S. The molecule has 1 atom stereocenters. The van der Waals surface area contributed by atoms with Crippen LogP contribution in [0, 0.1) is 0 Å². The summed E-state index contributed by atoms with van der Waals surface area (Å²) in [6, 6.07) is 17.4. The van der Waals surface area contributed by atoms with E-state index in [0.717, 1.165) is 37.9 Å². The Balaban J connectivity index is 1.09. The Morgan fingerprint density at radius 1 is 1.02 bits per heavy atom. The Bertz CT molecular complexity index is 1470. The number of benzene rings is 3. The van der Waals surface area contributed by atoms with Gasteiger partial charge in [-0.3, -0.25) is 9.52 Å². The summed E-state index contributed by atoms with van der Waals surface area (Å²) in [7, 11) is -3.56. The molecule has 0 aliphatic carbocycles. The molecule has 11 nitrogen and oxygen atoms in total. The molecular weight excluding hydrogens is 536 g/mol. The number of phenols is 1. The molecule has 2 aliphatic rings. The average molecular weight is 569 g/mol. The fraction of sp³-hybridized carbons (Fsp3) is 0.321. The number of hydrogen-bond acceptors (Lipinski definition) is 9. The summed E-state index contributed by atoms with van der Waals surface area (Å²) >= 11 is 0. The third-order valence-corrected chi connectivity index (χ3v) is 7.51. The normalized spacial score (nSPS) is 16.0. The maximum absolute atomic E-state index is 12.6. The number of aliphatic hydroxyl groups excluding tert-OH is 1. The minimum Gasteiger partial charge on any atom is -0.506 e. The van der Waals surface area contributed by atoms with Crippen molar-refractivity contribution >= 4 is 33.0 Å². The number of carbonyl (C=O) groups excluding carboxylic acids is 1. The standard InChI is InChI=1S/C28H32N4O7S/c1-40(36,37)31-23-14-18(2-8-24(23)33)25(34)16-29-20-10-12-32(13-11-20)22-6-4-21(5-7-22)30-28(35)19-3-9-26-27(15-19)39-17-38-26/h2-9,14-15,20,25,29,31,33-34H,10-13,16-17H2,1H3,(H,30,35)/t25-/m1/s1. The first-order valence-corrected chi connectivity index (χ1v) is 14.8. The van der Waals surface area contributed by atoms with E-state index in [2.05, 4.69) is 20.3 Å². The monoisotopic (exact) mass is 568 g/mol. The maximum Gasteiger partial charge on any atom is 0.255 e. The zero-order valence-corrected chi connectivity index (χ0v) is 22.8. The second-order valence-electron chi connectivity index (χ2n) is 9.91. The van der Waals surface area contributed by atoms with Crippen molar-refractivity contribution in [3.8, 4) is 17.2 Å². The number of aromatic hydroxyl groups is 1. The lowest BCUT2D eigenvalue weighted by Gasteiger charge is -2.34. The molecule has 1 saturated heterocycles. The molecule has 0 aromatic heterocycles. The van der Waals surface area contributed by atoms with E-state index in [4.69, 9.17) is 9.47 Å². The predicted octanol–water partition coefficient (Wildman–Crippen LogP) is 3.04. The number of nitrogens with one attached hydrogen (secondary N) is 3. The SMILES string of the molecule is CS(=O)(=O)Nc1cc([C@H](O)CNC2CCN(c3ccc(NC(=O)c4ccc5c(c4)OCO5)cc3)CC2)ccc1O. The largest absolute Gasteiger partial charge is 0.506 e. The van der Waals surface area contributed by atoms with Crippen LogP contribution in [-0.4, -0.2) is 63.3 Å². The Hall–Kier alpha value is -4.00. The van der Waals surface area contributed by atoms with Crippen molar-refractivity contribution in [1.29, 1.82) is 0 Å². The molecule has 0 spiro atoms. The summed E-state index contributed by atoms with van der Waals surface area (Å²) in [4.78, 5) is 14.9. The molecule has 2 heterocycles. The van der Waals surface area contributed by atoms with E-state index < -0.39 is 16.1 Å². The minimum atomic E-state index is -3.56. The van der Waals surface area contributed by atoms with E-state index >= 15 is 0 Å². The van der Waals surface area contributed by atoms with Gasteiger partial charge in [0.25, 0.3) is 5.91 Å². The number of hydrogen-bond donors (Lipinski definition) is 5. The lowest BCUT2D eigenvalue weighted by molar-refractivity contribution is 0.102. The van der Waals surface area contributed by atoms with Crippen LogP contribution >= 0.6 is 0 Å². The van der Waals surface area contributed by atoms with Gasteiger partial charge in [-0.05, 0) is 73.0 Å². The molecule has 2 aliphatic heterocycles. The molecule has 0 radical (unpaired) electrons.